The number of piperidine rings is 1. The molecule has 0 aromatic heterocycles. The van der Waals surface area contributed by atoms with Crippen LogP contribution >= 0.6 is 0 Å². The van der Waals surface area contributed by atoms with E-state index in [1.54, 1.807) is 7.11 Å². The van der Waals surface area contributed by atoms with Gasteiger partial charge in [0.1, 0.15) is 5.75 Å². The van der Waals surface area contributed by atoms with Gasteiger partial charge in [0.15, 0.2) is 0 Å². The van der Waals surface area contributed by atoms with Gasteiger partial charge < -0.3 is 20.1 Å². The molecule has 0 saturated carbocycles. The second-order valence-electron chi connectivity index (χ2n) is 5.08. The Balaban J connectivity index is 2.02. The maximum Gasteiger partial charge on any atom is 0.123 e. The molecule has 4 heteroatoms. The first-order chi connectivity index (χ1) is 9.22. The summed E-state index contributed by atoms with van der Waals surface area (Å²) in [6.07, 6.45) is 2.35. The molecular formula is C15H24N2O2. The maximum absolute atomic E-state index is 5.94. The predicted octanol–water partition coefficient (Wildman–Crippen LogP) is 2.53. The fourth-order valence-corrected chi connectivity index (χ4v) is 2.63. The van der Waals surface area contributed by atoms with Crippen LogP contribution in [-0.4, -0.2) is 33.4 Å². The number of nitrogens with zero attached hydrogens (tertiary/aromatic N) is 1. The molecule has 0 atom stereocenters. The average Bonchev–Trinajstić information content (AvgIpc) is 2.40. The van der Waals surface area contributed by atoms with E-state index in [1.165, 1.54) is 18.5 Å². The molecule has 4 nitrogen and oxygen atoms in total. The minimum absolute atomic E-state index is 0.665. The third-order valence-electron chi connectivity index (χ3n) is 3.61. The van der Waals surface area contributed by atoms with E-state index in [4.69, 9.17) is 15.2 Å². The summed E-state index contributed by atoms with van der Waals surface area (Å²) >= 11 is 0. The number of methoxy groups -OCH3 is 1. The van der Waals surface area contributed by atoms with E-state index in [-0.39, 0.29) is 0 Å². The number of rotatable bonds is 5. The van der Waals surface area contributed by atoms with Gasteiger partial charge in [0, 0.05) is 50.3 Å². The highest BCUT2D eigenvalue weighted by Crippen LogP contribution is 2.29. The number of nitrogens with two attached hydrogens (primary N) is 1. The Hall–Kier alpha value is -1.42. The molecule has 106 valence electrons. The van der Waals surface area contributed by atoms with Crippen LogP contribution in [0.1, 0.15) is 19.8 Å². The lowest BCUT2D eigenvalue weighted by Gasteiger charge is -2.33. The van der Waals surface area contributed by atoms with Crippen molar-refractivity contribution in [3.8, 4) is 5.75 Å². The number of hydrogen-bond acceptors (Lipinski definition) is 4. The molecule has 0 bridgehead atoms. The van der Waals surface area contributed by atoms with Gasteiger partial charge in [0.2, 0.25) is 0 Å². The number of hydrogen-bond donors (Lipinski definition) is 1. The number of benzene rings is 1. The van der Waals surface area contributed by atoms with E-state index in [0.29, 0.717) is 12.5 Å². The summed E-state index contributed by atoms with van der Waals surface area (Å²) in [5.74, 6) is 1.55. The van der Waals surface area contributed by atoms with E-state index in [1.807, 2.05) is 19.1 Å². The number of anilines is 2. The first-order valence-corrected chi connectivity index (χ1v) is 7.00. The van der Waals surface area contributed by atoms with Crippen molar-refractivity contribution in [3.05, 3.63) is 18.2 Å². The van der Waals surface area contributed by atoms with E-state index >= 15 is 0 Å². The van der Waals surface area contributed by atoms with Gasteiger partial charge in [0.05, 0.1) is 6.61 Å². The van der Waals surface area contributed by atoms with Gasteiger partial charge in [0.25, 0.3) is 0 Å². The standard InChI is InChI=1S/C15H24N2O2/c1-3-19-15-9-13(16)8-14(10-15)17-6-4-12(5-7-17)11-18-2/h8-10,12H,3-7,11,16H2,1-2H3. The molecule has 19 heavy (non-hydrogen) atoms. The van der Waals surface area contributed by atoms with Crippen LogP contribution in [0.2, 0.25) is 0 Å². The van der Waals surface area contributed by atoms with Crippen molar-refractivity contribution in [2.75, 3.05) is 44.0 Å². The largest absolute Gasteiger partial charge is 0.494 e. The van der Waals surface area contributed by atoms with Crippen LogP contribution in [0.3, 0.4) is 0 Å². The first-order valence-electron chi connectivity index (χ1n) is 7.00. The summed E-state index contributed by atoms with van der Waals surface area (Å²) < 4.78 is 10.8. The van der Waals surface area contributed by atoms with Crippen molar-refractivity contribution >= 4 is 11.4 Å². The third kappa shape index (κ3) is 3.77. The molecule has 2 rings (SSSR count). The van der Waals surface area contributed by atoms with Crippen LogP contribution in [0.15, 0.2) is 18.2 Å². The van der Waals surface area contributed by atoms with E-state index in [0.717, 1.165) is 31.1 Å². The average molecular weight is 264 g/mol. The van der Waals surface area contributed by atoms with Gasteiger partial charge in [-0.05, 0) is 31.7 Å². The van der Waals surface area contributed by atoms with Crippen molar-refractivity contribution in [1.82, 2.24) is 0 Å². The summed E-state index contributed by atoms with van der Waals surface area (Å²) in [4.78, 5) is 2.38. The predicted molar refractivity (Wildman–Crippen MR) is 78.8 cm³/mol. The fraction of sp³-hybridized carbons (Fsp3) is 0.600. The zero-order chi connectivity index (χ0) is 13.7. The van der Waals surface area contributed by atoms with Gasteiger partial charge in [-0.2, -0.15) is 0 Å². The Bertz CT molecular complexity index is 401. The van der Waals surface area contributed by atoms with Gasteiger partial charge in [-0.15, -0.1) is 0 Å². The van der Waals surface area contributed by atoms with Crippen molar-refractivity contribution in [2.24, 2.45) is 5.92 Å². The zero-order valence-corrected chi connectivity index (χ0v) is 11.9. The first kappa shape index (κ1) is 14.0. The van der Waals surface area contributed by atoms with Crippen LogP contribution in [0.4, 0.5) is 11.4 Å². The number of nitrogen functional groups attached to an aromatic ring is 1. The van der Waals surface area contributed by atoms with E-state index in [9.17, 15) is 0 Å². The highest BCUT2D eigenvalue weighted by molar-refractivity contribution is 5.60. The summed E-state index contributed by atoms with van der Waals surface area (Å²) in [5, 5.41) is 0. The summed E-state index contributed by atoms with van der Waals surface area (Å²) in [5.41, 5.74) is 7.87. The van der Waals surface area contributed by atoms with E-state index in [2.05, 4.69) is 11.0 Å². The normalized spacial score (nSPS) is 16.6. The Kier molecular flexibility index (Phi) is 4.91. The fourth-order valence-electron chi connectivity index (χ4n) is 2.63. The summed E-state index contributed by atoms with van der Waals surface area (Å²) in [6, 6.07) is 5.99. The summed E-state index contributed by atoms with van der Waals surface area (Å²) in [7, 11) is 1.78. The Morgan fingerprint density at radius 1 is 1.26 bits per heavy atom. The molecule has 0 radical (unpaired) electrons. The van der Waals surface area contributed by atoms with Crippen LogP contribution < -0.4 is 15.4 Å². The molecule has 1 aliphatic heterocycles. The molecular weight excluding hydrogens is 240 g/mol. The maximum atomic E-state index is 5.94. The molecule has 0 amide bonds. The number of ether oxygens (including phenoxy) is 2. The van der Waals surface area contributed by atoms with Crippen molar-refractivity contribution < 1.29 is 9.47 Å². The highest BCUT2D eigenvalue weighted by Gasteiger charge is 2.19. The summed E-state index contributed by atoms with van der Waals surface area (Å²) in [6.45, 7) is 5.64. The zero-order valence-electron chi connectivity index (χ0n) is 11.9. The van der Waals surface area contributed by atoms with Crippen molar-refractivity contribution in [3.63, 3.8) is 0 Å². The lowest BCUT2D eigenvalue weighted by Crippen LogP contribution is -2.35. The van der Waals surface area contributed by atoms with Gasteiger partial charge in [-0.1, -0.05) is 0 Å². The lowest BCUT2D eigenvalue weighted by atomic mass is 9.97. The third-order valence-corrected chi connectivity index (χ3v) is 3.61. The Morgan fingerprint density at radius 3 is 2.63 bits per heavy atom. The monoisotopic (exact) mass is 264 g/mol. The minimum atomic E-state index is 0.665. The molecule has 0 aliphatic carbocycles. The SMILES string of the molecule is CCOc1cc(N)cc(N2CCC(COC)CC2)c1. The second kappa shape index (κ2) is 6.66. The molecule has 1 aromatic rings. The van der Waals surface area contributed by atoms with E-state index < -0.39 is 0 Å². The molecule has 1 aromatic carbocycles. The lowest BCUT2D eigenvalue weighted by molar-refractivity contribution is 0.139. The molecule has 0 spiro atoms. The second-order valence-corrected chi connectivity index (χ2v) is 5.08. The molecule has 1 saturated heterocycles. The van der Waals surface area contributed by atoms with Crippen LogP contribution in [-0.2, 0) is 4.74 Å². The van der Waals surface area contributed by atoms with Crippen LogP contribution in [0.25, 0.3) is 0 Å². The van der Waals surface area contributed by atoms with Gasteiger partial charge in [-0.25, -0.2) is 0 Å². The Morgan fingerprint density at radius 2 is 2.00 bits per heavy atom. The van der Waals surface area contributed by atoms with Crippen LogP contribution in [0, 0.1) is 5.92 Å². The smallest absolute Gasteiger partial charge is 0.123 e. The van der Waals surface area contributed by atoms with Gasteiger partial charge >= 0.3 is 0 Å². The molecule has 1 heterocycles. The molecule has 1 fully saturated rings. The quantitative estimate of drug-likeness (QED) is 0.830. The topological polar surface area (TPSA) is 47.7 Å². The van der Waals surface area contributed by atoms with Crippen molar-refractivity contribution in [2.45, 2.75) is 19.8 Å². The molecule has 2 N–H and O–H groups in total. The Labute approximate surface area is 115 Å². The van der Waals surface area contributed by atoms with Crippen LogP contribution in [0.5, 0.6) is 5.75 Å². The highest BCUT2D eigenvalue weighted by atomic mass is 16.5. The molecule has 1 aliphatic rings. The van der Waals surface area contributed by atoms with Crippen molar-refractivity contribution in [1.29, 1.82) is 0 Å². The van der Waals surface area contributed by atoms with Gasteiger partial charge in [-0.3, -0.25) is 0 Å². The molecule has 0 unspecified atom stereocenters. The minimum Gasteiger partial charge on any atom is -0.494 e.